The molecule has 0 spiro atoms. The van der Waals surface area contributed by atoms with Gasteiger partial charge in [-0.15, -0.1) is 0 Å². The summed E-state index contributed by atoms with van der Waals surface area (Å²) in [5.74, 6) is 1.33. The number of aromatic nitrogens is 1. The predicted molar refractivity (Wildman–Crippen MR) is 125 cm³/mol. The molecule has 1 fully saturated rings. The van der Waals surface area contributed by atoms with Gasteiger partial charge in [0, 0.05) is 25.2 Å². The SMILES string of the molecule is CCOc1cc(CN(c2nc3cc(NC(C)=O)ccc3o2)C2CCNCC2)ccc1OC. The Hall–Kier alpha value is -3.26. The minimum Gasteiger partial charge on any atom is -0.493 e. The monoisotopic (exact) mass is 438 g/mol. The van der Waals surface area contributed by atoms with E-state index in [4.69, 9.17) is 18.9 Å². The molecule has 8 heteroatoms. The molecule has 3 aromatic rings. The van der Waals surface area contributed by atoms with E-state index in [-0.39, 0.29) is 5.91 Å². The van der Waals surface area contributed by atoms with Crippen molar-refractivity contribution >= 4 is 28.7 Å². The van der Waals surface area contributed by atoms with Gasteiger partial charge in [0.2, 0.25) is 5.91 Å². The molecule has 8 nitrogen and oxygen atoms in total. The number of amides is 1. The molecule has 32 heavy (non-hydrogen) atoms. The average Bonchev–Trinajstić information content (AvgIpc) is 3.21. The fraction of sp³-hybridized carbons (Fsp3) is 0.417. The lowest BCUT2D eigenvalue weighted by Gasteiger charge is -2.33. The first-order chi connectivity index (χ1) is 15.6. The van der Waals surface area contributed by atoms with Crippen LogP contribution in [0, 0.1) is 0 Å². The molecule has 1 amide bonds. The maximum Gasteiger partial charge on any atom is 0.298 e. The number of ether oxygens (including phenoxy) is 2. The third-order valence-electron chi connectivity index (χ3n) is 5.57. The van der Waals surface area contributed by atoms with Gasteiger partial charge in [0.15, 0.2) is 17.1 Å². The lowest BCUT2D eigenvalue weighted by molar-refractivity contribution is -0.114. The van der Waals surface area contributed by atoms with Crippen molar-refractivity contribution in [2.45, 2.75) is 39.3 Å². The molecule has 2 N–H and O–H groups in total. The number of carbonyl (C=O) groups is 1. The minimum absolute atomic E-state index is 0.117. The normalized spacial score (nSPS) is 14.3. The first-order valence-corrected chi connectivity index (χ1v) is 11.0. The summed E-state index contributed by atoms with van der Waals surface area (Å²) in [5.41, 5.74) is 3.21. The van der Waals surface area contributed by atoms with Gasteiger partial charge in [-0.2, -0.15) is 4.98 Å². The number of rotatable bonds is 8. The Morgan fingerprint density at radius 3 is 2.75 bits per heavy atom. The zero-order chi connectivity index (χ0) is 22.5. The Bertz CT molecular complexity index is 1080. The lowest BCUT2D eigenvalue weighted by Crippen LogP contribution is -2.43. The van der Waals surface area contributed by atoms with Crippen LogP contribution >= 0.6 is 0 Å². The van der Waals surface area contributed by atoms with E-state index >= 15 is 0 Å². The van der Waals surface area contributed by atoms with Crippen molar-refractivity contribution in [3.05, 3.63) is 42.0 Å². The molecule has 1 aliphatic rings. The van der Waals surface area contributed by atoms with E-state index in [1.165, 1.54) is 6.92 Å². The van der Waals surface area contributed by atoms with E-state index in [9.17, 15) is 4.79 Å². The highest BCUT2D eigenvalue weighted by Crippen LogP contribution is 2.32. The largest absolute Gasteiger partial charge is 0.493 e. The van der Waals surface area contributed by atoms with Crippen LogP contribution in [-0.2, 0) is 11.3 Å². The summed E-state index contributed by atoms with van der Waals surface area (Å²) in [6.45, 7) is 6.57. The van der Waals surface area contributed by atoms with E-state index < -0.39 is 0 Å². The number of hydrogen-bond acceptors (Lipinski definition) is 7. The third kappa shape index (κ3) is 4.96. The molecule has 1 aliphatic heterocycles. The minimum atomic E-state index is -0.117. The number of carbonyl (C=O) groups excluding carboxylic acids is 1. The summed E-state index contributed by atoms with van der Waals surface area (Å²) in [5, 5.41) is 6.22. The van der Waals surface area contributed by atoms with Crippen LogP contribution in [-0.4, -0.2) is 43.7 Å². The highest BCUT2D eigenvalue weighted by molar-refractivity contribution is 5.91. The van der Waals surface area contributed by atoms with Crippen LogP contribution in [0.15, 0.2) is 40.8 Å². The second kappa shape index (κ2) is 9.91. The molecule has 170 valence electrons. The molecular weight excluding hydrogens is 408 g/mol. The first kappa shape index (κ1) is 22.0. The van der Waals surface area contributed by atoms with Gasteiger partial charge in [0.25, 0.3) is 6.01 Å². The average molecular weight is 439 g/mol. The molecule has 0 unspecified atom stereocenters. The van der Waals surface area contributed by atoms with Gasteiger partial charge >= 0.3 is 0 Å². The summed E-state index contributed by atoms with van der Waals surface area (Å²) in [6.07, 6.45) is 2.01. The second-order valence-electron chi connectivity index (χ2n) is 7.89. The molecule has 0 radical (unpaired) electrons. The van der Waals surface area contributed by atoms with E-state index in [0.29, 0.717) is 36.5 Å². The number of methoxy groups -OCH3 is 1. The Kier molecular flexibility index (Phi) is 6.80. The van der Waals surface area contributed by atoms with Gasteiger partial charge in [-0.1, -0.05) is 6.07 Å². The molecule has 0 saturated carbocycles. The Balaban J connectivity index is 1.66. The molecule has 2 aromatic carbocycles. The number of nitrogens with zero attached hydrogens (tertiary/aromatic N) is 2. The maximum absolute atomic E-state index is 11.4. The van der Waals surface area contributed by atoms with E-state index in [2.05, 4.69) is 15.5 Å². The quantitative estimate of drug-likeness (QED) is 0.550. The van der Waals surface area contributed by atoms with Crippen LogP contribution < -0.4 is 25.0 Å². The number of piperidine rings is 1. The van der Waals surface area contributed by atoms with Crippen molar-refractivity contribution in [3.63, 3.8) is 0 Å². The number of fused-ring (bicyclic) bond motifs is 1. The van der Waals surface area contributed by atoms with E-state index in [1.807, 2.05) is 43.3 Å². The van der Waals surface area contributed by atoms with Crippen LogP contribution in [0.2, 0.25) is 0 Å². The highest BCUT2D eigenvalue weighted by Gasteiger charge is 2.26. The van der Waals surface area contributed by atoms with Gasteiger partial charge in [0.05, 0.1) is 13.7 Å². The fourth-order valence-electron chi connectivity index (χ4n) is 4.07. The van der Waals surface area contributed by atoms with Gasteiger partial charge in [0.1, 0.15) is 5.52 Å². The molecule has 0 aliphatic carbocycles. The Morgan fingerprint density at radius 2 is 2.03 bits per heavy atom. The van der Waals surface area contributed by atoms with Crippen LogP contribution in [0.1, 0.15) is 32.3 Å². The van der Waals surface area contributed by atoms with Crippen molar-refractivity contribution in [2.75, 3.05) is 37.0 Å². The molecule has 1 saturated heterocycles. The Labute approximate surface area is 187 Å². The number of nitrogens with one attached hydrogen (secondary N) is 2. The molecule has 0 atom stereocenters. The predicted octanol–water partition coefficient (Wildman–Crippen LogP) is 3.95. The molecular formula is C24H30N4O4. The third-order valence-corrected chi connectivity index (χ3v) is 5.57. The maximum atomic E-state index is 11.4. The van der Waals surface area contributed by atoms with Crippen molar-refractivity contribution in [2.24, 2.45) is 0 Å². The molecule has 1 aromatic heterocycles. The molecule has 2 heterocycles. The fourth-order valence-corrected chi connectivity index (χ4v) is 4.07. The van der Waals surface area contributed by atoms with Crippen molar-refractivity contribution in [3.8, 4) is 11.5 Å². The number of anilines is 2. The van der Waals surface area contributed by atoms with Crippen LogP contribution in [0.3, 0.4) is 0 Å². The van der Waals surface area contributed by atoms with Crippen molar-refractivity contribution in [1.82, 2.24) is 10.3 Å². The van der Waals surface area contributed by atoms with Crippen molar-refractivity contribution < 1.29 is 18.7 Å². The number of hydrogen-bond donors (Lipinski definition) is 2. The first-order valence-electron chi connectivity index (χ1n) is 11.0. The smallest absolute Gasteiger partial charge is 0.298 e. The summed E-state index contributed by atoms with van der Waals surface area (Å²) >= 11 is 0. The molecule has 4 rings (SSSR count). The number of benzene rings is 2. The van der Waals surface area contributed by atoms with Crippen LogP contribution in [0.25, 0.3) is 11.1 Å². The highest BCUT2D eigenvalue weighted by atomic mass is 16.5. The van der Waals surface area contributed by atoms with Gasteiger partial charge in [-0.25, -0.2) is 0 Å². The van der Waals surface area contributed by atoms with Gasteiger partial charge in [-0.3, -0.25) is 4.79 Å². The van der Waals surface area contributed by atoms with E-state index in [0.717, 1.165) is 48.5 Å². The summed E-state index contributed by atoms with van der Waals surface area (Å²) in [4.78, 5) is 18.4. The standard InChI is InChI=1S/C24H30N4O4/c1-4-31-23-13-17(5-7-22(23)30-3)15-28(19-9-11-25-12-10-19)24-27-20-14-18(26-16(2)29)6-8-21(20)32-24/h5-8,13-14,19,25H,4,9-12,15H2,1-3H3,(H,26,29). The van der Waals surface area contributed by atoms with Crippen molar-refractivity contribution in [1.29, 1.82) is 0 Å². The number of oxazole rings is 1. The topological polar surface area (TPSA) is 88.9 Å². The molecule has 0 bridgehead atoms. The second-order valence-corrected chi connectivity index (χ2v) is 7.89. The Morgan fingerprint density at radius 1 is 1.22 bits per heavy atom. The summed E-state index contributed by atoms with van der Waals surface area (Å²) < 4.78 is 17.4. The zero-order valence-corrected chi connectivity index (χ0v) is 18.8. The zero-order valence-electron chi connectivity index (χ0n) is 18.8. The van der Waals surface area contributed by atoms with E-state index in [1.54, 1.807) is 7.11 Å². The summed E-state index contributed by atoms with van der Waals surface area (Å²) in [7, 11) is 1.65. The van der Waals surface area contributed by atoms with Gasteiger partial charge < -0.3 is 29.4 Å². The van der Waals surface area contributed by atoms with Gasteiger partial charge in [-0.05, 0) is 68.8 Å². The van der Waals surface area contributed by atoms with Crippen LogP contribution in [0.5, 0.6) is 11.5 Å². The summed E-state index contributed by atoms with van der Waals surface area (Å²) in [6, 6.07) is 12.4. The van der Waals surface area contributed by atoms with Crippen LogP contribution in [0.4, 0.5) is 11.7 Å². The lowest BCUT2D eigenvalue weighted by atomic mass is 10.0.